The smallest absolute Gasteiger partial charge is 0.328 e. The molecule has 0 fully saturated rings. The van der Waals surface area contributed by atoms with Crippen LogP contribution in [0.15, 0.2) is 28.7 Å². The van der Waals surface area contributed by atoms with Gasteiger partial charge in [-0.25, -0.2) is 4.79 Å². The van der Waals surface area contributed by atoms with Crippen molar-refractivity contribution < 1.29 is 14.3 Å². The summed E-state index contributed by atoms with van der Waals surface area (Å²) < 4.78 is 5.50. The maximum absolute atomic E-state index is 10.4. The quantitative estimate of drug-likeness (QED) is 0.812. The average Bonchev–Trinajstić information content (AvgIpc) is 2.53. The highest BCUT2D eigenvalue weighted by molar-refractivity contribution is 6.31. The van der Waals surface area contributed by atoms with Gasteiger partial charge in [0.15, 0.2) is 0 Å². The lowest BCUT2D eigenvalue weighted by Crippen LogP contribution is -1.85. The zero-order valence-corrected chi connectivity index (χ0v) is 9.28. The monoisotopic (exact) mass is 236 g/mol. The molecule has 0 bridgehead atoms. The van der Waals surface area contributed by atoms with Crippen LogP contribution in [0.5, 0.6) is 0 Å². The summed E-state index contributed by atoms with van der Waals surface area (Å²) in [6, 6.07) is 5.30. The SMILES string of the molecule is Cc1c(/C=C/C(=O)O)oc2ccc(Cl)cc12. The van der Waals surface area contributed by atoms with E-state index in [1.165, 1.54) is 6.08 Å². The minimum atomic E-state index is -1.00. The van der Waals surface area contributed by atoms with Crippen LogP contribution in [-0.4, -0.2) is 11.1 Å². The number of aliphatic carboxylic acids is 1. The van der Waals surface area contributed by atoms with Gasteiger partial charge in [0.05, 0.1) is 0 Å². The standard InChI is InChI=1S/C12H9ClO3/c1-7-9-6-8(13)2-3-11(9)16-10(7)4-5-12(14)15/h2-6H,1H3,(H,14,15)/b5-4+. The molecule has 1 N–H and O–H groups in total. The molecule has 0 aliphatic heterocycles. The second-order valence-electron chi connectivity index (χ2n) is 3.40. The second kappa shape index (κ2) is 4.02. The van der Waals surface area contributed by atoms with Gasteiger partial charge in [0.1, 0.15) is 11.3 Å². The predicted octanol–water partition coefficient (Wildman–Crippen LogP) is 3.49. The zero-order chi connectivity index (χ0) is 11.7. The highest BCUT2D eigenvalue weighted by atomic mass is 35.5. The van der Waals surface area contributed by atoms with Gasteiger partial charge >= 0.3 is 5.97 Å². The van der Waals surface area contributed by atoms with Crippen LogP contribution in [0.2, 0.25) is 5.02 Å². The first-order chi connectivity index (χ1) is 7.58. The summed E-state index contributed by atoms with van der Waals surface area (Å²) >= 11 is 5.87. The van der Waals surface area contributed by atoms with Gasteiger partial charge in [-0.3, -0.25) is 0 Å². The number of furan rings is 1. The Labute approximate surface area is 96.9 Å². The highest BCUT2D eigenvalue weighted by Gasteiger charge is 2.08. The van der Waals surface area contributed by atoms with Crippen molar-refractivity contribution in [1.29, 1.82) is 0 Å². The first kappa shape index (κ1) is 10.8. The lowest BCUT2D eigenvalue weighted by molar-refractivity contribution is -0.131. The van der Waals surface area contributed by atoms with E-state index in [9.17, 15) is 4.79 Å². The molecular formula is C12H9ClO3. The average molecular weight is 237 g/mol. The molecule has 0 saturated carbocycles. The Morgan fingerprint density at radius 3 is 2.94 bits per heavy atom. The molecule has 2 rings (SSSR count). The van der Waals surface area contributed by atoms with E-state index in [1.54, 1.807) is 18.2 Å². The van der Waals surface area contributed by atoms with Crippen molar-refractivity contribution in [2.45, 2.75) is 6.92 Å². The molecule has 2 aromatic rings. The van der Waals surface area contributed by atoms with Crippen LogP contribution in [-0.2, 0) is 4.79 Å². The van der Waals surface area contributed by atoms with Crippen LogP contribution >= 0.6 is 11.6 Å². The predicted molar refractivity (Wildman–Crippen MR) is 62.6 cm³/mol. The minimum Gasteiger partial charge on any atom is -0.478 e. The van der Waals surface area contributed by atoms with E-state index < -0.39 is 5.97 Å². The minimum absolute atomic E-state index is 0.541. The van der Waals surface area contributed by atoms with Gasteiger partial charge in [-0.05, 0) is 31.2 Å². The van der Waals surface area contributed by atoms with E-state index in [0.717, 1.165) is 17.0 Å². The Balaban J connectivity index is 2.56. The molecular weight excluding hydrogens is 228 g/mol. The Hall–Kier alpha value is -1.74. The summed E-state index contributed by atoms with van der Waals surface area (Å²) in [4.78, 5) is 10.4. The van der Waals surface area contributed by atoms with Crippen LogP contribution < -0.4 is 0 Å². The third-order valence-electron chi connectivity index (χ3n) is 2.31. The van der Waals surface area contributed by atoms with Gasteiger partial charge in [0.2, 0.25) is 0 Å². The molecule has 1 aromatic heterocycles. The third-order valence-corrected chi connectivity index (χ3v) is 2.55. The molecule has 1 heterocycles. The van der Waals surface area contributed by atoms with Gasteiger partial charge < -0.3 is 9.52 Å². The fourth-order valence-electron chi connectivity index (χ4n) is 1.52. The van der Waals surface area contributed by atoms with Crippen LogP contribution in [0.1, 0.15) is 11.3 Å². The molecule has 4 heteroatoms. The Morgan fingerprint density at radius 1 is 1.50 bits per heavy atom. The number of rotatable bonds is 2. The third kappa shape index (κ3) is 1.95. The van der Waals surface area contributed by atoms with Crippen molar-refractivity contribution in [2.75, 3.05) is 0 Å². The van der Waals surface area contributed by atoms with Gasteiger partial charge in [-0.15, -0.1) is 0 Å². The number of carboxylic acids is 1. The maximum Gasteiger partial charge on any atom is 0.328 e. The van der Waals surface area contributed by atoms with Crippen molar-refractivity contribution in [2.24, 2.45) is 0 Å². The molecule has 0 atom stereocenters. The van der Waals surface area contributed by atoms with Crippen LogP contribution in [0.3, 0.4) is 0 Å². The zero-order valence-electron chi connectivity index (χ0n) is 8.53. The lowest BCUT2D eigenvalue weighted by atomic mass is 10.1. The molecule has 82 valence electrons. The normalized spacial score (nSPS) is 11.4. The van der Waals surface area contributed by atoms with E-state index in [2.05, 4.69) is 0 Å². The summed E-state index contributed by atoms with van der Waals surface area (Å²) in [5, 5.41) is 10.1. The van der Waals surface area contributed by atoms with Crippen LogP contribution in [0.4, 0.5) is 0 Å². The van der Waals surface area contributed by atoms with Gasteiger partial charge in [0.25, 0.3) is 0 Å². The number of hydrogen-bond acceptors (Lipinski definition) is 2. The number of benzene rings is 1. The second-order valence-corrected chi connectivity index (χ2v) is 3.84. The number of carbonyl (C=O) groups is 1. The van der Waals surface area contributed by atoms with Crippen molar-refractivity contribution in [1.82, 2.24) is 0 Å². The maximum atomic E-state index is 10.4. The molecule has 16 heavy (non-hydrogen) atoms. The first-order valence-electron chi connectivity index (χ1n) is 4.67. The van der Waals surface area contributed by atoms with Gasteiger partial charge in [-0.1, -0.05) is 11.6 Å². The van der Waals surface area contributed by atoms with E-state index >= 15 is 0 Å². The molecule has 0 amide bonds. The van der Waals surface area contributed by atoms with Crippen molar-refractivity contribution in [3.8, 4) is 0 Å². The molecule has 0 spiro atoms. The number of hydrogen-bond donors (Lipinski definition) is 1. The summed E-state index contributed by atoms with van der Waals surface area (Å²) in [6.45, 7) is 1.86. The molecule has 0 unspecified atom stereocenters. The molecule has 3 nitrogen and oxygen atoms in total. The molecule has 0 aliphatic rings. The van der Waals surface area contributed by atoms with E-state index in [1.807, 2.05) is 6.92 Å². The van der Waals surface area contributed by atoms with Crippen molar-refractivity contribution in [3.05, 3.63) is 40.6 Å². The number of carboxylic acid groups (broad SMARTS) is 1. The molecule has 0 radical (unpaired) electrons. The highest BCUT2D eigenvalue weighted by Crippen LogP contribution is 2.28. The van der Waals surface area contributed by atoms with E-state index in [0.29, 0.717) is 16.4 Å². The summed E-state index contributed by atoms with van der Waals surface area (Å²) in [6.07, 6.45) is 2.48. The fourth-order valence-corrected chi connectivity index (χ4v) is 1.69. The first-order valence-corrected chi connectivity index (χ1v) is 5.05. The largest absolute Gasteiger partial charge is 0.478 e. The van der Waals surface area contributed by atoms with Crippen molar-refractivity contribution in [3.63, 3.8) is 0 Å². The number of aryl methyl sites for hydroxylation is 1. The van der Waals surface area contributed by atoms with Crippen LogP contribution in [0, 0.1) is 6.92 Å². The molecule has 0 aliphatic carbocycles. The summed E-state index contributed by atoms with van der Waals surface area (Å²) in [7, 11) is 0. The van der Waals surface area contributed by atoms with Crippen LogP contribution in [0.25, 0.3) is 17.0 Å². The van der Waals surface area contributed by atoms with Crippen molar-refractivity contribution >= 4 is 34.6 Å². The van der Waals surface area contributed by atoms with E-state index in [-0.39, 0.29) is 0 Å². The Morgan fingerprint density at radius 2 is 2.25 bits per heavy atom. The Kier molecular flexibility index (Phi) is 2.71. The van der Waals surface area contributed by atoms with E-state index in [4.69, 9.17) is 21.1 Å². The Bertz CT molecular complexity index is 581. The van der Waals surface area contributed by atoms with Gasteiger partial charge in [-0.2, -0.15) is 0 Å². The molecule has 0 saturated heterocycles. The number of fused-ring (bicyclic) bond motifs is 1. The van der Waals surface area contributed by atoms with Gasteiger partial charge in [0, 0.05) is 22.0 Å². The topological polar surface area (TPSA) is 50.4 Å². The fraction of sp³-hybridized carbons (Fsp3) is 0.0833. The molecule has 1 aromatic carbocycles. The lowest BCUT2D eigenvalue weighted by Gasteiger charge is -1.90. The summed E-state index contributed by atoms with van der Waals surface area (Å²) in [5.41, 5.74) is 1.59. The number of halogens is 1. The summed E-state index contributed by atoms with van der Waals surface area (Å²) in [5.74, 6) is -0.461.